The van der Waals surface area contributed by atoms with Crippen molar-refractivity contribution >= 4 is 11.8 Å². The van der Waals surface area contributed by atoms with Gasteiger partial charge >= 0.3 is 0 Å². The predicted molar refractivity (Wildman–Crippen MR) is 129 cm³/mol. The maximum atomic E-state index is 12.5. The van der Waals surface area contributed by atoms with E-state index in [9.17, 15) is 9.59 Å². The Kier molecular flexibility index (Phi) is 8.62. The van der Waals surface area contributed by atoms with Crippen molar-refractivity contribution in [2.45, 2.75) is 57.5 Å². The molecule has 2 heterocycles. The summed E-state index contributed by atoms with van der Waals surface area (Å²) in [6.07, 6.45) is 7.39. The molecule has 3 fully saturated rings. The third-order valence-corrected chi connectivity index (χ3v) is 7.31. The summed E-state index contributed by atoms with van der Waals surface area (Å²) in [5.74, 6) is 2.05. The Labute approximate surface area is 198 Å². The van der Waals surface area contributed by atoms with E-state index in [4.69, 9.17) is 4.74 Å². The molecular formula is C26H40N4O3. The minimum atomic E-state index is 0.167. The van der Waals surface area contributed by atoms with Gasteiger partial charge in [0.2, 0.25) is 11.8 Å². The third kappa shape index (κ3) is 7.44. The van der Waals surface area contributed by atoms with Gasteiger partial charge in [-0.05, 0) is 49.9 Å². The van der Waals surface area contributed by atoms with E-state index in [-0.39, 0.29) is 11.9 Å². The van der Waals surface area contributed by atoms with E-state index in [1.807, 2.05) is 12.1 Å². The Balaban J connectivity index is 1.13. The molecule has 0 aromatic heterocycles. The monoisotopic (exact) mass is 456 g/mol. The van der Waals surface area contributed by atoms with E-state index in [1.54, 1.807) is 0 Å². The van der Waals surface area contributed by atoms with Gasteiger partial charge in [0.25, 0.3) is 0 Å². The van der Waals surface area contributed by atoms with Crippen molar-refractivity contribution in [3.8, 4) is 5.75 Å². The largest absolute Gasteiger partial charge is 0.492 e. The van der Waals surface area contributed by atoms with Gasteiger partial charge < -0.3 is 19.9 Å². The Morgan fingerprint density at radius 3 is 2.67 bits per heavy atom. The average molecular weight is 457 g/mol. The molecule has 0 radical (unpaired) electrons. The molecule has 1 aromatic rings. The van der Waals surface area contributed by atoms with Crippen molar-refractivity contribution in [2.24, 2.45) is 5.92 Å². The number of likely N-dealkylation sites (N-methyl/N-ethyl adjacent to an activating group) is 1. The van der Waals surface area contributed by atoms with Gasteiger partial charge in [-0.3, -0.25) is 14.5 Å². The van der Waals surface area contributed by atoms with Crippen molar-refractivity contribution in [3.63, 3.8) is 0 Å². The molecular weight excluding hydrogens is 416 g/mol. The topological polar surface area (TPSA) is 65.1 Å². The maximum Gasteiger partial charge on any atom is 0.222 e. The summed E-state index contributed by atoms with van der Waals surface area (Å²) in [6.45, 7) is 6.79. The highest BCUT2D eigenvalue weighted by Crippen LogP contribution is 2.28. The van der Waals surface area contributed by atoms with E-state index in [0.717, 1.165) is 64.4 Å². The Bertz CT molecular complexity index is 787. The summed E-state index contributed by atoms with van der Waals surface area (Å²) in [5, 5.41) is 3.03. The van der Waals surface area contributed by atoms with Crippen molar-refractivity contribution in [1.82, 2.24) is 20.0 Å². The molecule has 2 aliphatic heterocycles. The number of rotatable bonds is 10. The highest BCUT2D eigenvalue weighted by molar-refractivity contribution is 5.78. The van der Waals surface area contributed by atoms with Crippen LogP contribution in [0.3, 0.4) is 0 Å². The number of nitrogens with zero attached hydrogens (tertiary/aromatic N) is 3. The SMILES string of the molecule is CN(Cc1cccc(OCCN2CCN(C(=O)CC3CCCC3)CC2)c1)C[C@@H]1CCC(=O)N1. The molecule has 0 spiro atoms. The van der Waals surface area contributed by atoms with Crippen molar-refractivity contribution in [3.05, 3.63) is 29.8 Å². The van der Waals surface area contributed by atoms with Crippen LogP contribution in [0, 0.1) is 5.92 Å². The van der Waals surface area contributed by atoms with Crippen LogP contribution in [-0.2, 0) is 16.1 Å². The molecule has 4 rings (SSSR count). The van der Waals surface area contributed by atoms with Gasteiger partial charge in [-0.1, -0.05) is 25.0 Å². The molecule has 1 aromatic carbocycles. The number of ether oxygens (including phenoxy) is 1. The zero-order valence-corrected chi connectivity index (χ0v) is 20.1. The number of carbonyl (C=O) groups is 2. The second-order valence-corrected chi connectivity index (χ2v) is 10.1. The van der Waals surface area contributed by atoms with Gasteiger partial charge in [0.1, 0.15) is 12.4 Å². The number of piperazine rings is 1. The summed E-state index contributed by atoms with van der Waals surface area (Å²) in [4.78, 5) is 30.6. The van der Waals surface area contributed by atoms with Crippen LogP contribution in [0.2, 0.25) is 0 Å². The van der Waals surface area contributed by atoms with Crippen LogP contribution in [0.1, 0.15) is 50.5 Å². The quantitative estimate of drug-likeness (QED) is 0.586. The van der Waals surface area contributed by atoms with Gasteiger partial charge in [-0.2, -0.15) is 0 Å². The first-order valence-corrected chi connectivity index (χ1v) is 12.7. The smallest absolute Gasteiger partial charge is 0.222 e. The lowest BCUT2D eigenvalue weighted by atomic mass is 10.0. The molecule has 1 N–H and O–H groups in total. The summed E-state index contributed by atoms with van der Waals surface area (Å²) in [6, 6.07) is 8.56. The van der Waals surface area contributed by atoms with Crippen LogP contribution in [-0.4, -0.2) is 85.5 Å². The molecule has 7 nitrogen and oxygen atoms in total. The predicted octanol–water partition coefficient (Wildman–Crippen LogP) is 2.50. The number of amides is 2. The first-order valence-electron chi connectivity index (χ1n) is 12.7. The molecule has 1 atom stereocenters. The zero-order valence-electron chi connectivity index (χ0n) is 20.1. The normalized spacial score (nSPS) is 22.2. The fourth-order valence-corrected chi connectivity index (χ4v) is 5.40. The Morgan fingerprint density at radius 1 is 1.15 bits per heavy atom. The summed E-state index contributed by atoms with van der Waals surface area (Å²) in [5.41, 5.74) is 1.22. The van der Waals surface area contributed by atoms with Crippen molar-refractivity contribution in [2.75, 3.05) is 52.9 Å². The lowest BCUT2D eigenvalue weighted by molar-refractivity contribution is -0.134. The molecule has 2 amide bonds. The second kappa shape index (κ2) is 11.8. The van der Waals surface area contributed by atoms with E-state index >= 15 is 0 Å². The molecule has 3 aliphatic rings. The Hall–Kier alpha value is -2.12. The first kappa shape index (κ1) is 24.0. The van der Waals surface area contributed by atoms with Gasteiger partial charge in [0.05, 0.1) is 0 Å². The molecule has 1 aliphatic carbocycles. The summed E-state index contributed by atoms with van der Waals surface area (Å²) < 4.78 is 6.04. The average Bonchev–Trinajstić information content (AvgIpc) is 3.46. The van der Waals surface area contributed by atoms with E-state index in [2.05, 4.69) is 39.2 Å². The number of hydrogen-bond acceptors (Lipinski definition) is 5. The van der Waals surface area contributed by atoms with Gasteiger partial charge in [0, 0.05) is 64.7 Å². The fourth-order valence-electron chi connectivity index (χ4n) is 5.40. The van der Waals surface area contributed by atoms with Crippen LogP contribution < -0.4 is 10.1 Å². The Morgan fingerprint density at radius 2 is 1.94 bits per heavy atom. The molecule has 33 heavy (non-hydrogen) atoms. The molecule has 0 unspecified atom stereocenters. The molecule has 0 bridgehead atoms. The lowest BCUT2D eigenvalue weighted by Gasteiger charge is -2.35. The standard InChI is InChI=1S/C26H40N4O3/c1-28(20-23-9-10-25(31)27-23)19-22-7-4-8-24(17-22)33-16-15-29-11-13-30(14-12-29)26(32)18-21-5-2-3-6-21/h4,7-8,17,21,23H,2-3,5-6,9-16,18-20H2,1H3,(H,27,31)/t23-/m0/s1. The van der Waals surface area contributed by atoms with Crippen molar-refractivity contribution in [1.29, 1.82) is 0 Å². The van der Waals surface area contributed by atoms with Crippen LogP contribution in [0.5, 0.6) is 5.75 Å². The van der Waals surface area contributed by atoms with Gasteiger partial charge in [-0.25, -0.2) is 0 Å². The molecule has 1 saturated carbocycles. The number of hydrogen-bond donors (Lipinski definition) is 1. The highest BCUT2D eigenvalue weighted by Gasteiger charge is 2.25. The van der Waals surface area contributed by atoms with E-state index in [0.29, 0.717) is 24.9 Å². The number of benzene rings is 1. The lowest BCUT2D eigenvalue weighted by Crippen LogP contribution is -2.49. The number of nitrogens with one attached hydrogen (secondary N) is 1. The van der Waals surface area contributed by atoms with Crippen LogP contribution >= 0.6 is 0 Å². The maximum absolute atomic E-state index is 12.5. The minimum absolute atomic E-state index is 0.167. The van der Waals surface area contributed by atoms with Crippen molar-refractivity contribution < 1.29 is 14.3 Å². The number of carbonyl (C=O) groups excluding carboxylic acids is 2. The van der Waals surface area contributed by atoms with Crippen LogP contribution in [0.25, 0.3) is 0 Å². The van der Waals surface area contributed by atoms with Gasteiger partial charge in [0.15, 0.2) is 0 Å². The van der Waals surface area contributed by atoms with Crippen LogP contribution in [0.15, 0.2) is 24.3 Å². The van der Waals surface area contributed by atoms with E-state index < -0.39 is 0 Å². The minimum Gasteiger partial charge on any atom is -0.492 e. The zero-order chi connectivity index (χ0) is 23.0. The summed E-state index contributed by atoms with van der Waals surface area (Å²) >= 11 is 0. The second-order valence-electron chi connectivity index (χ2n) is 10.1. The molecule has 2 saturated heterocycles. The molecule has 182 valence electrons. The third-order valence-electron chi connectivity index (χ3n) is 7.31. The van der Waals surface area contributed by atoms with Crippen LogP contribution in [0.4, 0.5) is 0 Å². The summed E-state index contributed by atoms with van der Waals surface area (Å²) in [7, 11) is 2.09. The molecule has 7 heteroatoms. The highest BCUT2D eigenvalue weighted by atomic mass is 16.5. The van der Waals surface area contributed by atoms with E-state index in [1.165, 1.54) is 31.2 Å². The fraction of sp³-hybridized carbons (Fsp3) is 0.692. The van der Waals surface area contributed by atoms with Gasteiger partial charge in [-0.15, -0.1) is 0 Å². The first-order chi connectivity index (χ1) is 16.0.